The van der Waals surface area contributed by atoms with E-state index in [0.717, 1.165) is 0 Å². The molecule has 0 N–H and O–H groups in total. The molecular weight excluding hydrogens is 738 g/mol. The van der Waals surface area contributed by atoms with Gasteiger partial charge in [0.05, 0.1) is 40.2 Å². The lowest BCUT2D eigenvalue weighted by molar-refractivity contribution is 1.50. The molecule has 38 heavy (non-hydrogen) atoms. The molecule has 12 heteroatoms. The summed E-state index contributed by atoms with van der Waals surface area (Å²) < 4.78 is 0. The van der Waals surface area contributed by atoms with Crippen molar-refractivity contribution in [3.63, 3.8) is 0 Å². The zero-order valence-corrected chi connectivity index (χ0v) is 27.2. The van der Waals surface area contributed by atoms with Crippen molar-refractivity contribution < 1.29 is 0 Å². The lowest BCUT2D eigenvalue weighted by Crippen LogP contribution is -2.03. The molecule has 0 radical (unpaired) electrons. The van der Waals surface area contributed by atoms with Gasteiger partial charge in [0.15, 0.2) is 0 Å². The van der Waals surface area contributed by atoms with Gasteiger partial charge in [0, 0.05) is 53.5 Å². The summed E-state index contributed by atoms with van der Waals surface area (Å²) in [7, 11) is 0. The van der Waals surface area contributed by atoms with Gasteiger partial charge < -0.3 is 0 Å². The number of benzene rings is 4. The third kappa shape index (κ3) is 6.29. The van der Waals surface area contributed by atoms with Crippen LogP contribution < -0.4 is 0 Å². The molecule has 4 aromatic carbocycles. The monoisotopic (exact) mass is 740 g/mol. The van der Waals surface area contributed by atoms with Crippen LogP contribution in [0.1, 0.15) is 22.3 Å². The minimum atomic E-state index is 0.166. The van der Waals surface area contributed by atoms with Gasteiger partial charge in [0.25, 0.3) is 0 Å². The third-order valence-corrected chi connectivity index (χ3v) is 8.54. The maximum atomic E-state index is 6.75. The topological polar surface area (TPSA) is 0 Å². The maximum absolute atomic E-state index is 6.75. The standard InChI is InChI=1S/C26H8Cl12/c27-9-1-13(31)21(14(32)2-9)25(22-15(33)3-10(28)4-16(22)34)26(23-17(35)5-11(29)6-18(23)36)24-19(37)7-12(30)8-20(24)38/h1-8H. The van der Waals surface area contributed by atoms with Crippen molar-refractivity contribution in [1.82, 2.24) is 0 Å². The van der Waals surface area contributed by atoms with E-state index < -0.39 is 0 Å². The Balaban J connectivity index is 2.40. The second kappa shape index (κ2) is 12.5. The predicted molar refractivity (Wildman–Crippen MR) is 171 cm³/mol. The molecule has 0 saturated heterocycles. The normalized spacial score (nSPS) is 11.2. The SMILES string of the molecule is Clc1cc(Cl)c(C(=C(c2c(Cl)cc(Cl)cc2Cl)c2c(Cl)cc(Cl)cc2Cl)c2c(Cl)cc(Cl)cc2Cl)c(Cl)c1. The Morgan fingerprint density at radius 2 is 0.395 bits per heavy atom. The van der Waals surface area contributed by atoms with E-state index in [1.165, 1.54) is 48.5 Å². The highest BCUT2D eigenvalue weighted by atomic mass is 35.5. The van der Waals surface area contributed by atoms with Gasteiger partial charge in [-0.25, -0.2) is 0 Å². The van der Waals surface area contributed by atoms with Crippen LogP contribution in [0.25, 0.3) is 11.1 Å². The van der Waals surface area contributed by atoms with Crippen LogP contribution in [0, 0.1) is 0 Å². The fourth-order valence-electron chi connectivity index (χ4n) is 3.87. The Labute approximate surface area is 278 Å². The fraction of sp³-hybridized carbons (Fsp3) is 0. The van der Waals surface area contributed by atoms with Gasteiger partial charge in [-0.3, -0.25) is 0 Å². The van der Waals surface area contributed by atoms with Crippen LogP contribution in [0.5, 0.6) is 0 Å². The van der Waals surface area contributed by atoms with Crippen molar-refractivity contribution in [1.29, 1.82) is 0 Å². The number of hydrogen-bond acceptors (Lipinski definition) is 0. The van der Waals surface area contributed by atoms with Gasteiger partial charge >= 0.3 is 0 Å². The summed E-state index contributed by atoms with van der Waals surface area (Å²) in [5.74, 6) is 0. The molecule has 0 amide bonds. The molecule has 0 unspecified atom stereocenters. The van der Waals surface area contributed by atoms with Gasteiger partial charge in [-0.05, 0) is 48.5 Å². The molecule has 0 bridgehead atoms. The van der Waals surface area contributed by atoms with E-state index >= 15 is 0 Å². The smallest absolute Gasteiger partial charge is 0.0514 e. The molecule has 0 aromatic heterocycles. The Hall–Kier alpha value is 0.1000. The average molecular weight is 746 g/mol. The second-order valence-electron chi connectivity index (χ2n) is 7.73. The van der Waals surface area contributed by atoms with Gasteiger partial charge in [0.2, 0.25) is 0 Å². The Morgan fingerprint density at radius 3 is 0.526 bits per heavy atom. The quantitative estimate of drug-likeness (QED) is 0.183. The minimum Gasteiger partial charge on any atom is -0.0842 e. The highest BCUT2D eigenvalue weighted by molar-refractivity contribution is 6.48. The van der Waals surface area contributed by atoms with Crippen molar-refractivity contribution in [2.75, 3.05) is 0 Å². The molecular formula is C26H8Cl12. The minimum absolute atomic E-state index is 0.166. The zero-order valence-electron chi connectivity index (χ0n) is 18.2. The van der Waals surface area contributed by atoms with E-state index in [2.05, 4.69) is 0 Å². The van der Waals surface area contributed by atoms with Crippen LogP contribution in [-0.2, 0) is 0 Å². The first-order valence-electron chi connectivity index (χ1n) is 10.1. The summed E-state index contributed by atoms with van der Waals surface area (Å²) in [4.78, 5) is 0. The summed E-state index contributed by atoms with van der Waals surface area (Å²) in [6.07, 6.45) is 0. The molecule has 0 nitrogen and oxygen atoms in total. The van der Waals surface area contributed by atoms with Crippen molar-refractivity contribution in [2.24, 2.45) is 0 Å². The van der Waals surface area contributed by atoms with E-state index in [1.807, 2.05) is 0 Å². The van der Waals surface area contributed by atoms with Crippen LogP contribution in [-0.4, -0.2) is 0 Å². The molecule has 0 saturated carbocycles. The number of rotatable bonds is 4. The third-order valence-electron chi connectivity index (χ3n) is 5.28. The van der Waals surface area contributed by atoms with Crippen LogP contribution in [0.3, 0.4) is 0 Å². The Morgan fingerprint density at radius 1 is 0.263 bits per heavy atom. The molecule has 0 spiro atoms. The van der Waals surface area contributed by atoms with Crippen molar-refractivity contribution >= 4 is 150 Å². The summed E-state index contributed by atoms with van der Waals surface area (Å²) >= 11 is 79.0. The number of halogens is 12. The summed E-state index contributed by atoms with van der Waals surface area (Å²) in [6.45, 7) is 0. The molecule has 0 atom stereocenters. The highest BCUT2D eigenvalue weighted by Crippen LogP contribution is 2.52. The van der Waals surface area contributed by atoms with Gasteiger partial charge in [-0.15, -0.1) is 0 Å². The molecule has 0 aliphatic rings. The largest absolute Gasteiger partial charge is 0.0842 e. The molecule has 0 aliphatic heterocycles. The first kappa shape index (κ1) is 31.0. The van der Waals surface area contributed by atoms with Crippen LogP contribution in [0.2, 0.25) is 60.3 Å². The number of hydrogen-bond donors (Lipinski definition) is 0. The molecule has 0 aliphatic carbocycles. The predicted octanol–water partition coefficient (Wildman–Crippen LogP) is 14.5. The Kier molecular flexibility index (Phi) is 10.2. The first-order valence-corrected chi connectivity index (χ1v) is 14.7. The van der Waals surface area contributed by atoms with E-state index in [4.69, 9.17) is 139 Å². The van der Waals surface area contributed by atoms with Crippen LogP contribution in [0.15, 0.2) is 48.5 Å². The average Bonchev–Trinajstić information content (AvgIpc) is 2.74. The van der Waals surface area contributed by atoms with Crippen LogP contribution in [0.4, 0.5) is 0 Å². The van der Waals surface area contributed by atoms with Gasteiger partial charge in [0.1, 0.15) is 0 Å². The van der Waals surface area contributed by atoms with E-state index in [0.29, 0.717) is 53.5 Å². The van der Waals surface area contributed by atoms with E-state index in [9.17, 15) is 0 Å². The van der Waals surface area contributed by atoms with Crippen molar-refractivity contribution in [2.45, 2.75) is 0 Å². The molecule has 0 heterocycles. The molecule has 196 valence electrons. The van der Waals surface area contributed by atoms with Gasteiger partial charge in [-0.1, -0.05) is 139 Å². The van der Waals surface area contributed by atoms with E-state index in [-0.39, 0.29) is 40.2 Å². The molecule has 4 aromatic rings. The maximum Gasteiger partial charge on any atom is 0.0514 e. The molecule has 4 rings (SSSR count). The van der Waals surface area contributed by atoms with Crippen LogP contribution >= 0.6 is 139 Å². The van der Waals surface area contributed by atoms with E-state index in [1.54, 1.807) is 0 Å². The summed E-state index contributed by atoms with van der Waals surface area (Å²) in [6, 6.07) is 12.1. The highest BCUT2D eigenvalue weighted by Gasteiger charge is 2.30. The van der Waals surface area contributed by atoms with Crippen molar-refractivity contribution in [3.05, 3.63) is 131 Å². The lowest BCUT2D eigenvalue weighted by Gasteiger charge is -2.24. The zero-order chi connectivity index (χ0) is 28.0. The summed E-state index contributed by atoms with van der Waals surface area (Å²) in [5, 5.41) is 2.51. The second-order valence-corrected chi connectivity index (χ2v) is 12.7. The lowest BCUT2D eigenvalue weighted by atomic mass is 9.85. The summed E-state index contributed by atoms with van der Waals surface area (Å²) in [5.41, 5.74) is 1.76. The fourth-order valence-corrected chi connectivity index (χ4v) is 7.90. The van der Waals surface area contributed by atoms with Crippen molar-refractivity contribution in [3.8, 4) is 0 Å². The van der Waals surface area contributed by atoms with Gasteiger partial charge in [-0.2, -0.15) is 0 Å². The first-order chi connectivity index (χ1) is 17.8. The molecule has 0 fully saturated rings. The Bertz CT molecular complexity index is 1310.